The van der Waals surface area contributed by atoms with Crippen molar-refractivity contribution in [3.8, 4) is 5.75 Å². The van der Waals surface area contributed by atoms with E-state index in [4.69, 9.17) is 4.74 Å². The van der Waals surface area contributed by atoms with Gasteiger partial charge >= 0.3 is 0 Å². The molecule has 0 amide bonds. The molecule has 2 heteroatoms. The number of allylic oxidation sites excluding steroid dienone is 1. The predicted octanol–water partition coefficient (Wildman–Crippen LogP) is 6.09. The molecule has 0 fully saturated rings. The number of hydrogen-bond acceptors (Lipinski definition) is 1. The molecular formula is C22H19IO. The molecule has 24 heavy (non-hydrogen) atoms. The summed E-state index contributed by atoms with van der Waals surface area (Å²) in [7, 11) is 1.70. The van der Waals surface area contributed by atoms with E-state index < -0.39 is 0 Å². The van der Waals surface area contributed by atoms with E-state index in [0.717, 1.165) is 10.2 Å². The summed E-state index contributed by atoms with van der Waals surface area (Å²) in [5.74, 6) is 0.882. The highest BCUT2D eigenvalue weighted by molar-refractivity contribution is 14.1. The maximum absolute atomic E-state index is 5.29. The topological polar surface area (TPSA) is 9.23 Å². The number of halogens is 1. The van der Waals surface area contributed by atoms with Crippen LogP contribution in [-0.4, -0.2) is 11.5 Å². The first-order chi connectivity index (χ1) is 11.8. The minimum Gasteiger partial charge on any atom is -0.497 e. The summed E-state index contributed by atoms with van der Waals surface area (Å²) < 4.78 is 6.23. The monoisotopic (exact) mass is 426 g/mol. The fourth-order valence-corrected chi connectivity index (χ4v) is 3.63. The van der Waals surface area contributed by atoms with E-state index in [1.165, 1.54) is 27.8 Å². The summed E-state index contributed by atoms with van der Waals surface area (Å²) in [6.45, 7) is 0. The standard InChI is InChI=1S/C22H19IO/c1-24-20-14-12-17(13-15-20)21(16-23)22(18-8-4-2-5-9-18)19-10-6-3-7-11-19/h2-15H,16H2,1H3. The maximum atomic E-state index is 5.29. The Balaban J connectivity index is 2.21. The molecule has 120 valence electrons. The molecular weight excluding hydrogens is 407 g/mol. The quantitative estimate of drug-likeness (QED) is 0.273. The molecule has 0 saturated carbocycles. The zero-order valence-corrected chi connectivity index (χ0v) is 15.7. The summed E-state index contributed by atoms with van der Waals surface area (Å²) in [5, 5.41) is 0. The van der Waals surface area contributed by atoms with Gasteiger partial charge in [0.25, 0.3) is 0 Å². The van der Waals surface area contributed by atoms with E-state index in [0.29, 0.717) is 0 Å². The summed E-state index contributed by atoms with van der Waals surface area (Å²) in [5.41, 5.74) is 6.33. The van der Waals surface area contributed by atoms with E-state index >= 15 is 0 Å². The number of methoxy groups -OCH3 is 1. The molecule has 0 N–H and O–H groups in total. The molecule has 0 aliphatic rings. The van der Waals surface area contributed by atoms with Crippen molar-refractivity contribution < 1.29 is 4.74 Å². The Hall–Kier alpha value is -2.07. The average Bonchev–Trinajstić information content (AvgIpc) is 2.67. The average molecular weight is 426 g/mol. The van der Waals surface area contributed by atoms with E-state index in [-0.39, 0.29) is 0 Å². The van der Waals surface area contributed by atoms with Gasteiger partial charge in [-0.2, -0.15) is 0 Å². The highest BCUT2D eigenvalue weighted by Gasteiger charge is 2.13. The zero-order valence-electron chi connectivity index (χ0n) is 13.6. The van der Waals surface area contributed by atoms with Crippen molar-refractivity contribution >= 4 is 33.7 Å². The Morgan fingerprint density at radius 1 is 0.708 bits per heavy atom. The summed E-state index contributed by atoms with van der Waals surface area (Å²) in [4.78, 5) is 0. The predicted molar refractivity (Wildman–Crippen MR) is 111 cm³/mol. The van der Waals surface area contributed by atoms with Gasteiger partial charge in [-0.1, -0.05) is 95.4 Å². The number of alkyl halides is 1. The maximum Gasteiger partial charge on any atom is 0.118 e. The molecule has 0 heterocycles. The van der Waals surface area contributed by atoms with Crippen molar-refractivity contribution in [1.29, 1.82) is 0 Å². The van der Waals surface area contributed by atoms with Crippen LogP contribution in [0.2, 0.25) is 0 Å². The highest BCUT2D eigenvalue weighted by Crippen LogP contribution is 2.34. The Morgan fingerprint density at radius 3 is 1.62 bits per heavy atom. The van der Waals surface area contributed by atoms with Crippen molar-refractivity contribution in [1.82, 2.24) is 0 Å². The first kappa shape index (κ1) is 16.8. The van der Waals surface area contributed by atoms with Gasteiger partial charge in [0.05, 0.1) is 7.11 Å². The van der Waals surface area contributed by atoms with Gasteiger partial charge in [0.15, 0.2) is 0 Å². The zero-order chi connectivity index (χ0) is 16.8. The van der Waals surface area contributed by atoms with Crippen LogP contribution in [0, 0.1) is 0 Å². The molecule has 0 spiro atoms. The van der Waals surface area contributed by atoms with Crippen LogP contribution >= 0.6 is 22.6 Å². The Kier molecular flexibility index (Phi) is 5.70. The van der Waals surface area contributed by atoms with E-state index in [1.54, 1.807) is 7.11 Å². The number of ether oxygens (including phenoxy) is 1. The van der Waals surface area contributed by atoms with Gasteiger partial charge in [-0.05, 0) is 40.0 Å². The van der Waals surface area contributed by atoms with Crippen molar-refractivity contribution in [2.75, 3.05) is 11.5 Å². The molecule has 0 bridgehead atoms. The van der Waals surface area contributed by atoms with Crippen LogP contribution in [0.1, 0.15) is 16.7 Å². The first-order valence-electron chi connectivity index (χ1n) is 7.88. The minimum atomic E-state index is 0.882. The van der Waals surface area contributed by atoms with Gasteiger partial charge < -0.3 is 4.74 Å². The van der Waals surface area contributed by atoms with Crippen LogP contribution in [0.5, 0.6) is 5.75 Å². The molecule has 1 nitrogen and oxygen atoms in total. The lowest BCUT2D eigenvalue weighted by atomic mass is 9.90. The molecule has 0 unspecified atom stereocenters. The van der Waals surface area contributed by atoms with Crippen LogP contribution in [-0.2, 0) is 0 Å². The number of hydrogen-bond donors (Lipinski definition) is 0. The van der Waals surface area contributed by atoms with Crippen LogP contribution in [0.3, 0.4) is 0 Å². The van der Waals surface area contributed by atoms with Crippen molar-refractivity contribution in [3.05, 3.63) is 102 Å². The van der Waals surface area contributed by atoms with Crippen molar-refractivity contribution in [2.24, 2.45) is 0 Å². The molecule has 0 radical (unpaired) electrons. The lowest BCUT2D eigenvalue weighted by Gasteiger charge is -2.16. The van der Waals surface area contributed by atoms with E-state index in [9.17, 15) is 0 Å². The van der Waals surface area contributed by atoms with Gasteiger partial charge in [0.1, 0.15) is 5.75 Å². The van der Waals surface area contributed by atoms with Crippen molar-refractivity contribution in [3.63, 3.8) is 0 Å². The molecule has 0 aliphatic carbocycles. The van der Waals surface area contributed by atoms with Crippen LogP contribution in [0.15, 0.2) is 84.9 Å². The molecule has 0 saturated heterocycles. The molecule has 3 aromatic rings. The second-order valence-electron chi connectivity index (χ2n) is 5.45. The SMILES string of the molecule is COc1ccc(C(CI)=C(c2ccccc2)c2ccccc2)cc1. The van der Waals surface area contributed by atoms with Crippen LogP contribution in [0.25, 0.3) is 11.1 Å². The minimum absolute atomic E-state index is 0.882. The third-order valence-electron chi connectivity index (χ3n) is 4.00. The molecule has 0 aromatic heterocycles. The van der Waals surface area contributed by atoms with E-state index in [1.807, 2.05) is 12.1 Å². The summed E-state index contributed by atoms with van der Waals surface area (Å²) >= 11 is 2.45. The van der Waals surface area contributed by atoms with Crippen LogP contribution in [0.4, 0.5) is 0 Å². The van der Waals surface area contributed by atoms with Gasteiger partial charge in [0.2, 0.25) is 0 Å². The molecule has 0 atom stereocenters. The lowest BCUT2D eigenvalue weighted by Crippen LogP contribution is -1.96. The van der Waals surface area contributed by atoms with Gasteiger partial charge in [-0.3, -0.25) is 0 Å². The Bertz CT molecular complexity index is 764. The first-order valence-corrected chi connectivity index (χ1v) is 9.40. The molecule has 3 rings (SSSR count). The number of rotatable bonds is 5. The Labute approximate surface area is 157 Å². The second kappa shape index (κ2) is 8.15. The van der Waals surface area contributed by atoms with Gasteiger partial charge in [-0.25, -0.2) is 0 Å². The third kappa shape index (κ3) is 3.70. The number of benzene rings is 3. The van der Waals surface area contributed by atoms with Gasteiger partial charge in [-0.15, -0.1) is 0 Å². The fraction of sp³-hybridized carbons (Fsp3) is 0.0909. The van der Waals surface area contributed by atoms with Crippen molar-refractivity contribution in [2.45, 2.75) is 0 Å². The second-order valence-corrected chi connectivity index (χ2v) is 6.21. The highest BCUT2D eigenvalue weighted by atomic mass is 127. The summed E-state index contributed by atoms with van der Waals surface area (Å²) in [6, 6.07) is 29.5. The molecule has 3 aromatic carbocycles. The van der Waals surface area contributed by atoms with E-state index in [2.05, 4.69) is 95.4 Å². The fourth-order valence-electron chi connectivity index (χ4n) is 2.81. The normalized spacial score (nSPS) is 10.2. The summed E-state index contributed by atoms with van der Waals surface area (Å²) in [6.07, 6.45) is 0. The van der Waals surface area contributed by atoms with Gasteiger partial charge in [0, 0.05) is 4.43 Å². The smallest absolute Gasteiger partial charge is 0.118 e. The largest absolute Gasteiger partial charge is 0.497 e. The lowest BCUT2D eigenvalue weighted by molar-refractivity contribution is 0.415. The van der Waals surface area contributed by atoms with Crippen LogP contribution < -0.4 is 4.74 Å². The Morgan fingerprint density at radius 2 is 1.21 bits per heavy atom. The third-order valence-corrected chi connectivity index (χ3v) is 4.76. The molecule has 0 aliphatic heterocycles.